The van der Waals surface area contributed by atoms with Gasteiger partial charge in [0.15, 0.2) is 0 Å². The first-order valence-electron chi connectivity index (χ1n) is 7.72. The van der Waals surface area contributed by atoms with E-state index in [1.807, 2.05) is 0 Å². The minimum absolute atomic E-state index is 0.504. The molecule has 0 spiro atoms. The zero-order valence-electron chi connectivity index (χ0n) is 12.5. The first-order chi connectivity index (χ1) is 9.74. The van der Waals surface area contributed by atoms with Gasteiger partial charge in [0.05, 0.1) is 0 Å². The predicted molar refractivity (Wildman–Crippen MR) is 84.4 cm³/mol. The summed E-state index contributed by atoms with van der Waals surface area (Å²) in [6, 6.07) is 0.504. The molecule has 2 heterocycles. The highest BCUT2D eigenvalue weighted by Crippen LogP contribution is 2.24. The van der Waals surface area contributed by atoms with Crippen LogP contribution in [0.5, 0.6) is 0 Å². The number of halogens is 1. The molecule has 0 radical (unpaired) electrons. The first-order valence-corrected chi connectivity index (χ1v) is 8.10. The highest BCUT2D eigenvalue weighted by molar-refractivity contribution is 6.30. The highest BCUT2D eigenvalue weighted by atomic mass is 35.5. The third kappa shape index (κ3) is 4.06. The van der Waals surface area contributed by atoms with Crippen LogP contribution in [0, 0.1) is 0 Å². The number of nitrogens with zero attached hydrogens (tertiary/aromatic N) is 3. The average Bonchev–Trinajstić information content (AvgIpc) is 2.45. The van der Waals surface area contributed by atoms with E-state index >= 15 is 0 Å². The lowest BCUT2D eigenvalue weighted by Crippen LogP contribution is -2.39. The maximum atomic E-state index is 6.19. The summed E-state index contributed by atoms with van der Waals surface area (Å²) in [5.74, 6) is 0.931. The highest BCUT2D eigenvalue weighted by Gasteiger charge is 2.20. The summed E-state index contributed by atoms with van der Waals surface area (Å²) in [5.41, 5.74) is 1.06. The number of hydrogen-bond donors (Lipinski definition) is 1. The molecule has 112 valence electrons. The lowest BCUT2D eigenvalue weighted by molar-refractivity contribution is 0.219. The standard InChI is InChI=1S/C15H25ClN4/c1-3-5-13-14(16)17-11-18-15(13)19-12-6-9-20(8-4-2)10-7-12/h11-12H,3-10H2,1-2H3,(H,17,18,19). The van der Waals surface area contributed by atoms with E-state index in [9.17, 15) is 0 Å². The number of anilines is 1. The lowest BCUT2D eigenvalue weighted by atomic mass is 10.0. The third-order valence-electron chi connectivity index (χ3n) is 3.86. The van der Waals surface area contributed by atoms with E-state index < -0.39 is 0 Å². The molecule has 0 aliphatic carbocycles. The van der Waals surface area contributed by atoms with Crippen LogP contribution in [0.25, 0.3) is 0 Å². The van der Waals surface area contributed by atoms with Gasteiger partial charge in [-0.2, -0.15) is 0 Å². The molecule has 1 aromatic heterocycles. The van der Waals surface area contributed by atoms with Gasteiger partial charge in [0.2, 0.25) is 0 Å². The van der Waals surface area contributed by atoms with Gasteiger partial charge >= 0.3 is 0 Å². The Kier molecular flexibility index (Phi) is 6.05. The van der Waals surface area contributed by atoms with Crippen LogP contribution < -0.4 is 5.32 Å². The predicted octanol–water partition coefficient (Wildman–Crippen LogP) is 3.37. The molecule has 5 heteroatoms. The smallest absolute Gasteiger partial charge is 0.137 e. The van der Waals surface area contributed by atoms with Crippen molar-refractivity contribution in [1.29, 1.82) is 0 Å². The summed E-state index contributed by atoms with van der Waals surface area (Å²) in [7, 11) is 0. The molecule has 1 aromatic rings. The number of piperidine rings is 1. The molecule has 0 bridgehead atoms. The average molecular weight is 297 g/mol. The zero-order chi connectivity index (χ0) is 14.4. The number of nitrogens with one attached hydrogen (secondary N) is 1. The molecular formula is C15H25ClN4. The summed E-state index contributed by atoms with van der Waals surface area (Å²) < 4.78 is 0. The molecule has 0 aromatic carbocycles. The van der Waals surface area contributed by atoms with Gasteiger partial charge in [-0.1, -0.05) is 31.9 Å². The van der Waals surface area contributed by atoms with Gasteiger partial charge in [-0.15, -0.1) is 0 Å². The second kappa shape index (κ2) is 7.79. The maximum absolute atomic E-state index is 6.19. The molecule has 2 rings (SSSR count). The van der Waals surface area contributed by atoms with Crippen LogP contribution in [0.1, 0.15) is 45.1 Å². The molecule has 1 fully saturated rings. The van der Waals surface area contributed by atoms with Crippen LogP contribution in [0.4, 0.5) is 5.82 Å². The minimum Gasteiger partial charge on any atom is -0.367 e. The van der Waals surface area contributed by atoms with Gasteiger partial charge in [-0.25, -0.2) is 9.97 Å². The summed E-state index contributed by atoms with van der Waals surface area (Å²) in [6.07, 6.45) is 7.12. The molecule has 1 aliphatic heterocycles. The summed E-state index contributed by atoms with van der Waals surface area (Å²) in [5, 5.41) is 4.17. The Labute approximate surface area is 126 Å². The SMILES string of the molecule is CCCc1c(Cl)ncnc1NC1CCN(CCC)CC1. The normalized spacial score (nSPS) is 17.4. The van der Waals surface area contributed by atoms with Crippen molar-refractivity contribution < 1.29 is 0 Å². The van der Waals surface area contributed by atoms with Crippen molar-refractivity contribution >= 4 is 17.4 Å². The number of rotatable bonds is 6. The number of likely N-dealkylation sites (tertiary alicyclic amines) is 1. The topological polar surface area (TPSA) is 41.1 Å². The van der Waals surface area contributed by atoms with Crippen molar-refractivity contribution in [2.75, 3.05) is 25.0 Å². The Balaban J connectivity index is 1.95. The quantitative estimate of drug-likeness (QED) is 0.817. The molecule has 1 aliphatic rings. The van der Waals surface area contributed by atoms with Gasteiger partial charge in [0.1, 0.15) is 17.3 Å². The van der Waals surface area contributed by atoms with Gasteiger partial charge in [-0.05, 0) is 32.2 Å². The zero-order valence-corrected chi connectivity index (χ0v) is 13.3. The van der Waals surface area contributed by atoms with E-state index in [1.54, 1.807) is 6.33 Å². The third-order valence-corrected chi connectivity index (χ3v) is 4.19. The van der Waals surface area contributed by atoms with Crippen molar-refractivity contribution in [2.45, 2.75) is 52.0 Å². The Morgan fingerprint density at radius 1 is 1.25 bits per heavy atom. The maximum Gasteiger partial charge on any atom is 0.137 e. The summed E-state index contributed by atoms with van der Waals surface area (Å²) in [4.78, 5) is 11.0. The fourth-order valence-corrected chi connectivity index (χ4v) is 3.02. The molecule has 1 N–H and O–H groups in total. The molecule has 20 heavy (non-hydrogen) atoms. The van der Waals surface area contributed by atoms with Gasteiger partial charge in [0.25, 0.3) is 0 Å². The van der Waals surface area contributed by atoms with Crippen LogP contribution >= 0.6 is 11.6 Å². The second-order valence-corrected chi connectivity index (χ2v) is 5.86. The Hall–Kier alpha value is -0.870. The van der Waals surface area contributed by atoms with Crippen molar-refractivity contribution in [2.24, 2.45) is 0 Å². The monoisotopic (exact) mass is 296 g/mol. The Bertz CT molecular complexity index is 416. The van der Waals surface area contributed by atoms with Crippen LogP contribution in [-0.4, -0.2) is 40.5 Å². The van der Waals surface area contributed by atoms with Crippen LogP contribution in [0.3, 0.4) is 0 Å². The second-order valence-electron chi connectivity index (χ2n) is 5.50. The van der Waals surface area contributed by atoms with E-state index in [-0.39, 0.29) is 0 Å². The van der Waals surface area contributed by atoms with Gasteiger partial charge in [0, 0.05) is 24.7 Å². The Morgan fingerprint density at radius 2 is 2.00 bits per heavy atom. The number of hydrogen-bond acceptors (Lipinski definition) is 4. The van der Waals surface area contributed by atoms with E-state index in [2.05, 4.69) is 34.0 Å². The fourth-order valence-electron chi connectivity index (χ4n) is 2.80. The van der Waals surface area contributed by atoms with Gasteiger partial charge in [-0.3, -0.25) is 0 Å². The van der Waals surface area contributed by atoms with Crippen LogP contribution in [-0.2, 0) is 6.42 Å². The molecule has 0 amide bonds. The van der Waals surface area contributed by atoms with Crippen molar-refractivity contribution in [3.8, 4) is 0 Å². The van der Waals surface area contributed by atoms with Crippen LogP contribution in [0.2, 0.25) is 5.15 Å². The first kappa shape index (κ1) is 15.5. The van der Waals surface area contributed by atoms with Crippen molar-refractivity contribution in [1.82, 2.24) is 14.9 Å². The summed E-state index contributed by atoms with van der Waals surface area (Å²) >= 11 is 6.19. The van der Waals surface area contributed by atoms with E-state index in [0.717, 1.165) is 24.2 Å². The van der Waals surface area contributed by atoms with E-state index in [1.165, 1.54) is 38.9 Å². The van der Waals surface area contributed by atoms with Crippen molar-refractivity contribution in [3.63, 3.8) is 0 Å². The minimum atomic E-state index is 0.504. The largest absolute Gasteiger partial charge is 0.367 e. The molecular weight excluding hydrogens is 272 g/mol. The van der Waals surface area contributed by atoms with E-state index in [0.29, 0.717) is 11.2 Å². The van der Waals surface area contributed by atoms with E-state index in [4.69, 9.17) is 11.6 Å². The van der Waals surface area contributed by atoms with Gasteiger partial charge < -0.3 is 10.2 Å². The number of aromatic nitrogens is 2. The molecule has 0 unspecified atom stereocenters. The molecule has 0 atom stereocenters. The lowest BCUT2D eigenvalue weighted by Gasteiger charge is -2.32. The summed E-state index contributed by atoms with van der Waals surface area (Å²) in [6.45, 7) is 7.95. The molecule has 4 nitrogen and oxygen atoms in total. The Morgan fingerprint density at radius 3 is 2.65 bits per heavy atom. The van der Waals surface area contributed by atoms with Crippen LogP contribution in [0.15, 0.2) is 6.33 Å². The fraction of sp³-hybridized carbons (Fsp3) is 0.733. The molecule has 1 saturated heterocycles. The van der Waals surface area contributed by atoms with Crippen molar-refractivity contribution in [3.05, 3.63) is 17.0 Å². The molecule has 0 saturated carbocycles.